The molecular weight excluding hydrogens is 242 g/mol. The highest BCUT2D eigenvalue weighted by atomic mass is 31.2. The Morgan fingerprint density at radius 3 is 2.07 bits per heavy atom. The van der Waals surface area contributed by atoms with E-state index in [0.717, 1.165) is 0 Å². The van der Waals surface area contributed by atoms with E-state index in [9.17, 15) is 9.13 Å². The number of rotatable bonds is 3. The summed E-state index contributed by atoms with van der Waals surface area (Å²) in [6, 6.07) is 0. The van der Waals surface area contributed by atoms with Crippen LogP contribution in [0.2, 0.25) is 0 Å². The molecule has 1 rings (SSSR count). The molecule has 0 aliphatic heterocycles. The lowest BCUT2D eigenvalue weighted by Gasteiger charge is -2.21. The largest absolute Gasteiger partial charge is 0.345 e. The monoisotopic (exact) mass is 253 g/mol. The summed E-state index contributed by atoms with van der Waals surface area (Å²) in [5, 5.41) is -2.06. The average Bonchev–Trinajstić information content (AvgIpc) is 2.00. The number of allylic oxidation sites excluding steroid dienone is 4. The molecule has 0 bridgehead atoms. The summed E-state index contributed by atoms with van der Waals surface area (Å²) in [6.45, 7) is 0. The molecule has 0 unspecified atom stereocenters. The molecule has 1 aliphatic carbocycles. The minimum absolute atomic E-state index is 0.0390. The first-order valence-corrected chi connectivity index (χ1v) is 7.46. The van der Waals surface area contributed by atoms with Crippen molar-refractivity contribution in [1.82, 2.24) is 0 Å². The molecule has 0 aromatic carbocycles. The van der Waals surface area contributed by atoms with Crippen LogP contribution in [0.4, 0.5) is 0 Å². The van der Waals surface area contributed by atoms with Crippen molar-refractivity contribution in [1.29, 1.82) is 0 Å². The summed E-state index contributed by atoms with van der Waals surface area (Å²) in [4.78, 5) is 35.6. The maximum Gasteiger partial charge on any atom is 0.345 e. The van der Waals surface area contributed by atoms with Crippen LogP contribution >= 0.6 is 15.2 Å². The number of hydrogen-bond donors (Lipinski definition) is 4. The molecule has 15 heavy (non-hydrogen) atoms. The molecule has 85 valence electrons. The Morgan fingerprint density at radius 2 is 1.73 bits per heavy atom. The first kappa shape index (κ1) is 12.8. The minimum atomic E-state index is -4.87. The van der Waals surface area contributed by atoms with Crippen molar-refractivity contribution in [2.24, 2.45) is 0 Å². The fraction of sp³-hybridized carbons (Fsp3) is 0.429. The van der Waals surface area contributed by atoms with Gasteiger partial charge < -0.3 is 19.6 Å². The average molecular weight is 253 g/mol. The molecule has 0 fully saturated rings. The fourth-order valence-corrected chi connectivity index (χ4v) is 4.04. The molecule has 0 aromatic rings. The van der Waals surface area contributed by atoms with Gasteiger partial charge in [0, 0.05) is 0 Å². The Labute approximate surface area is 86.6 Å². The molecule has 8 heteroatoms. The van der Waals surface area contributed by atoms with E-state index in [1.165, 1.54) is 12.2 Å². The Bertz CT molecular complexity index is 364. The molecule has 0 aromatic heterocycles. The lowest BCUT2D eigenvalue weighted by atomic mass is 10.1. The van der Waals surface area contributed by atoms with Crippen molar-refractivity contribution in [3.8, 4) is 0 Å². The third-order valence-electron chi connectivity index (χ3n) is 1.87. The molecular formula is C7H11O6P2. The smallest absolute Gasteiger partial charge is 0.324 e. The molecule has 0 saturated heterocycles. The van der Waals surface area contributed by atoms with E-state index < -0.39 is 20.6 Å². The molecule has 0 saturated carbocycles. The highest BCUT2D eigenvalue weighted by Crippen LogP contribution is 2.63. The van der Waals surface area contributed by atoms with Crippen LogP contribution in [0.3, 0.4) is 0 Å². The van der Waals surface area contributed by atoms with Gasteiger partial charge >= 0.3 is 15.2 Å². The van der Waals surface area contributed by atoms with Gasteiger partial charge in [-0.05, 0) is 24.5 Å². The summed E-state index contributed by atoms with van der Waals surface area (Å²) in [6.07, 6.45) is 6.38. The van der Waals surface area contributed by atoms with E-state index in [2.05, 4.69) is 6.08 Å². The van der Waals surface area contributed by atoms with Gasteiger partial charge in [0.25, 0.3) is 0 Å². The lowest BCUT2D eigenvalue weighted by Crippen LogP contribution is -2.12. The van der Waals surface area contributed by atoms with Crippen LogP contribution in [0.5, 0.6) is 0 Å². The van der Waals surface area contributed by atoms with E-state index in [4.69, 9.17) is 19.6 Å². The van der Waals surface area contributed by atoms with E-state index in [0.29, 0.717) is 12.8 Å². The van der Waals surface area contributed by atoms with Gasteiger partial charge in [0.1, 0.15) is 0 Å². The van der Waals surface area contributed by atoms with Crippen LogP contribution in [0.25, 0.3) is 0 Å². The summed E-state index contributed by atoms with van der Waals surface area (Å²) in [5.74, 6) is 0. The van der Waals surface area contributed by atoms with Gasteiger partial charge in [-0.3, -0.25) is 9.13 Å². The zero-order valence-electron chi connectivity index (χ0n) is 7.65. The summed E-state index contributed by atoms with van der Waals surface area (Å²) < 4.78 is 22.0. The van der Waals surface area contributed by atoms with E-state index in [1.54, 1.807) is 0 Å². The summed E-state index contributed by atoms with van der Waals surface area (Å²) >= 11 is 0. The summed E-state index contributed by atoms with van der Waals surface area (Å²) in [5.41, 5.74) is -0.0390. The van der Waals surface area contributed by atoms with Crippen LogP contribution in [-0.2, 0) is 9.13 Å². The Morgan fingerprint density at radius 1 is 1.20 bits per heavy atom. The Kier molecular flexibility index (Phi) is 3.71. The van der Waals surface area contributed by atoms with Gasteiger partial charge in [-0.1, -0.05) is 12.2 Å². The molecule has 0 heterocycles. The van der Waals surface area contributed by atoms with Crippen molar-refractivity contribution >= 4 is 15.2 Å². The van der Waals surface area contributed by atoms with Crippen molar-refractivity contribution < 1.29 is 28.7 Å². The predicted octanol–water partition coefficient (Wildman–Crippen LogP) is 0.747. The molecule has 0 spiro atoms. The van der Waals surface area contributed by atoms with Crippen molar-refractivity contribution in [3.63, 3.8) is 0 Å². The highest BCUT2D eigenvalue weighted by molar-refractivity contribution is 7.71. The first-order valence-electron chi connectivity index (χ1n) is 4.10. The normalized spacial score (nSPS) is 18.1. The van der Waals surface area contributed by atoms with Crippen molar-refractivity contribution in [3.05, 3.63) is 23.8 Å². The highest BCUT2D eigenvalue weighted by Gasteiger charge is 2.45. The zero-order chi connectivity index (χ0) is 11.7. The van der Waals surface area contributed by atoms with Gasteiger partial charge in [0.15, 0.2) is 5.40 Å². The Balaban J connectivity index is 3.14. The van der Waals surface area contributed by atoms with Crippen LogP contribution < -0.4 is 0 Å². The van der Waals surface area contributed by atoms with E-state index in [1.807, 2.05) is 0 Å². The molecule has 0 atom stereocenters. The van der Waals surface area contributed by atoms with Crippen LogP contribution in [0.1, 0.15) is 12.8 Å². The fourth-order valence-electron chi connectivity index (χ4n) is 1.34. The molecule has 1 radical (unpaired) electrons. The summed E-state index contributed by atoms with van der Waals surface area (Å²) in [7, 11) is -9.74. The topological polar surface area (TPSA) is 115 Å². The van der Waals surface area contributed by atoms with E-state index >= 15 is 0 Å². The standard InChI is InChI=1S/C7H11O6P2/c8-14(9,10)7(15(11,12)13)6-4-2-1-3-5-6/h4-5,7H,1-2H2,(H2,8,9,10)(H2,11,12,13). The van der Waals surface area contributed by atoms with E-state index in [-0.39, 0.29) is 5.57 Å². The quantitative estimate of drug-likeness (QED) is 0.551. The third-order valence-corrected chi connectivity index (χ3v) is 5.55. The number of hydrogen-bond acceptors (Lipinski definition) is 2. The third kappa shape index (κ3) is 3.38. The zero-order valence-corrected chi connectivity index (χ0v) is 9.43. The van der Waals surface area contributed by atoms with Crippen molar-refractivity contribution in [2.45, 2.75) is 18.2 Å². The predicted molar refractivity (Wildman–Crippen MR) is 53.0 cm³/mol. The molecule has 0 amide bonds. The second kappa shape index (κ2) is 4.34. The van der Waals surface area contributed by atoms with Crippen molar-refractivity contribution in [2.75, 3.05) is 0 Å². The van der Waals surface area contributed by atoms with Gasteiger partial charge in [0.05, 0.1) is 0 Å². The minimum Gasteiger partial charge on any atom is -0.324 e. The van der Waals surface area contributed by atoms with Gasteiger partial charge in [-0.15, -0.1) is 0 Å². The molecule has 4 N–H and O–H groups in total. The van der Waals surface area contributed by atoms with Gasteiger partial charge in [0.2, 0.25) is 0 Å². The maximum absolute atomic E-state index is 11.0. The van der Waals surface area contributed by atoms with Crippen LogP contribution in [0.15, 0.2) is 17.7 Å². The Hall–Kier alpha value is -0.220. The lowest BCUT2D eigenvalue weighted by molar-refractivity contribution is 0.345. The second-order valence-electron chi connectivity index (χ2n) is 3.14. The first-order chi connectivity index (χ1) is 6.73. The van der Waals surface area contributed by atoms with Gasteiger partial charge in [-0.25, -0.2) is 0 Å². The molecule has 6 nitrogen and oxygen atoms in total. The van der Waals surface area contributed by atoms with Gasteiger partial charge in [-0.2, -0.15) is 0 Å². The van der Waals surface area contributed by atoms with Crippen LogP contribution in [-0.4, -0.2) is 25.0 Å². The molecule has 1 aliphatic rings. The second-order valence-corrected chi connectivity index (χ2v) is 6.94. The van der Waals surface area contributed by atoms with Crippen LogP contribution in [0, 0.1) is 6.08 Å². The SMILES string of the molecule is O=P(O)(O)C(C1=CCC[C]=C1)P(=O)(O)O. The maximum atomic E-state index is 11.0.